The molecule has 2 aromatic rings. The Bertz CT molecular complexity index is 631. The van der Waals surface area contributed by atoms with Gasteiger partial charge in [-0.1, -0.05) is 15.9 Å². The molecule has 0 aliphatic rings. The maximum atomic E-state index is 13.9. The maximum absolute atomic E-state index is 13.9. The molecule has 100 valence electrons. The summed E-state index contributed by atoms with van der Waals surface area (Å²) in [7, 11) is 0. The summed E-state index contributed by atoms with van der Waals surface area (Å²) in [6.45, 7) is 1.59. The SMILES string of the molecule is Cc1cc(C(N)c2cc(Br)ccc2I)c(F)cc1F. The first-order valence-corrected chi connectivity index (χ1v) is 7.43. The molecule has 0 aromatic heterocycles. The van der Waals surface area contributed by atoms with Gasteiger partial charge in [0.2, 0.25) is 0 Å². The van der Waals surface area contributed by atoms with E-state index in [-0.39, 0.29) is 0 Å². The van der Waals surface area contributed by atoms with Gasteiger partial charge in [0.1, 0.15) is 11.6 Å². The number of benzene rings is 2. The largest absolute Gasteiger partial charge is 0.320 e. The zero-order valence-corrected chi connectivity index (χ0v) is 13.8. The molecule has 1 atom stereocenters. The van der Waals surface area contributed by atoms with Crippen molar-refractivity contribution in [3.05, 3.63) is 66.7 Å². The van der Waals surface area contributed by atoms with Crippen molar-refractivity contribution >= 4 is 38.5 Å². The van der Waals surface area contributed by atoms with Gasteiger partial charge in [-0.3, -0.25) is 0 Å². The van der Waals surface area contributed by atoms with Crippen LogP contribution in [0.2, 0.25) is 0 Å². The lowest BCUT2D eigenvalue weighted by Crippen LogP contribution is -2.15. The molecule has 0 saturated heterocycles. The summed E-state index contributed by atoms with van der Waals surface area (Å²) in [5.74, 6) is -1.18. The van der Waals surface area contributed by atoms with Crippen molar-refractivity contribution in [2.75, 3.05) is 0 Å². The zero-order valence-electron chi connectivity index (χ0n) is 10.1. The molecule has 19 heavy (non-hydrogen) atoms. The molecule has 0 saturated carbocycles. The zero-order chi connectivity index (χ0) is 14.2. The Morgan fingerprint density at radius 3 is 2.47 bits per heavy atom. The van der Waals surface area contributed by atoms with Crippen LogP contribution in [-0.4, -0.2) is 0 Å². The van der Waals surface area contributed by atoms with Crippen molar-refractivity contribution in [1.82, 2.24) is 0 Å². The van der Waals surface area contributed by atoms with Crippen LogP contribution >= 0.6 is 38.5 Å². The van der Waals surface area contributed by atoms with Gasteiger partial charge < -0.3 is 5.73 Å². The molecule has 2 aromatic carbocycles. The lowest BCUT2D eigenvalue weighted by molar-refractivity contribution is 0.560. The fourth-order valence-corrected chi connectivity index (χ4v) is 2.89. The van der Waals surface area contributed by atoms with Crippen molar-refractivity contribution in [3.63, 3.8) is 0 Å². The highest BCUT2D eigenvalue weighted by molar-refractivity contribution is 14.1. The van der Waals surface area contributed by atoms with E-state index in [1.807, 2.05) is 18.2 Å². The van der Waals surface area contributed by atoms with Gasteiger partial charge in [0.05, 0.1) is 6.04 Å². The van der Waals surface area contributed by atoms with Crippen LogP contribution < -0.4 is 5.73 Å². The molecular weight excluding hydrogens is 427 g/mol. The first kappa shape index (κ1) is 14.9. The third-order valence-corrected chi connectivity index (χ3v) is 4.38. The molecular formula is C14H11BrF2IN. The van der Waals surface area contributed by atoms with Crippen LogP contribution in [0.5, 0.6) is 0 Å². The van der Waals surface area contributed by atoms with Gasteiger partial charge in [0.25, 0.3) is 0 Å². The molecule has 0 radical (unpaired) electrons. The molecule has 2 rings (SSSR count). The van der Waals surface area contributed by atoms with Gasteiger partial charge in [-0.25, -0.2) is 8.78 Å². The molecule has 5 heteroatoms. The summed E-state index contributed by atoms with van der Waals surface area (Å²) in [5, 5.41) is 0. The number of hydrogen-bond acceptors (Lipinski definition) is 1. The first-order chi connectivity index (χ1) is 8.90. The molecule has 0 fully saturated rings. The minimum absolute atomic E-state index is 0.301. The normalized spacial score (nSPS) is 12.5. The molecule has 1 unspecified atom stereocenters. The highest BCUT2D eigenvalue weighted by atomic mass is 127. The Labute approximate surface area is 132 Å². The smallest absolute Gasteiger partial charge is 0.131 e. The summed E-state index contributed by atoms with van der Waals surface area (Å²) in [4.78, 5) is 0. The lowest BCUT2D eigenvalue weighted by Gasteiger charge is -2.16. The van der Waals surface area contributed by atoms with Crippen molar-refractivity contribution in [1.29, 1.82) is 0 Å². The molecule has 0 heterocycles. The predicted octanol–water partition coefficient (Wildman–Crippen LogP) is 4.69. The average molecular weight is 438 g/mol. The van der Waals surface area contributed by atoms with Crippen LogP contribution in [0.1, 0.15) is 22.7 Å². The van der Waals surface area contributed by atoms with Crippen LogP contribution in [0.3, 0.4) is 0 Å². The molecule has 0 aliphatic heterocycles. The van der Waals surface area contributed by atoms with E-state index < -0.39 is 17.7 Å². The number of rotatable bonds is 2. The van der Waals surface area contributed by atoms with Crippen LogP contribution in [0.15, 0.2) is 34.8 Å². The Morgan fingerprint density at radius 1 is 1.11 bits per heavy atom. The number of halogens is 4. The van der Waals surface area contributed by atoms with Gasteiger partial charge in [-0.05, 0) is 64.9 Å². The van der Waals surface area contributed by atoms with E-state index >= 15 is 0 Å². The van der Waals surface area contributed by atoms with E-state index in [9.17, 15) is 8.78 Å². The Kier molecular flexibility index (Phi) is 4.58. The maximum Gasteiger partial charge on any atom is 0.131 e. The molecule has 0 amide bonds. The summed E-state index contributed by atoms with van der Waals surface area (Å²) in [6.07, 6.45) is 0. The van der Waals surface area contributed by atoms with Crippen molar-refractivity contribution in [3.8, 4) is 0 Å². The highest BCUT2D eigenvalue weighted by Crippen LogP contribution is 2.29. The Morgan fingerprint density at radius 2 is 1.79 bits per heavy atom. The predicted molar refractivity (Wildman–Crippen MR) is 84.0 cm³/mol. The van der Waals surface area contributed by atoms with Crippen molar-refractivity contribution in [2.24, 2.45) is 5.73 Å². The van der Waals surface area contributed by atoms with E-state index in [1.165, 1.54) is 6.07 Å². The second kappa shape index (κ2) is 5.85. The third kappa shape index (κ3) is 3.14. The first-order valence-electron chi connectivity index (χ1n) is 5.56. The topological polar surface area (TPSA) is 26.0 Å². The summed E-state index contributed by atoms with van der Waals surface area (Å²) in [5.41, 5.74) is 7.61. The Balaban J connectivity index is 2.52. The second-order valence-electron chi connectivity index (χ2n) is 4.27. The Hall–Kier alpha value is -0.530. The van der Waals surface area contributed by atoms with Gasteiger partial charge in [-0.15, -0.1) is 0 Å². The van der Waals surface area contributed by atoms with Crippen molar-refractivity contribution in [2.45, 2.75) is 13.0 Å². The van der Waals surface area contributed by atoms with E-state index in [2.05, 4.69) is 38.5 Å². The van der Waals surface area contributed by atoms with Crippen LogP contribution in [0.4, 0.5) is 8.78 Å². The second-order valence-corrected chi connectivity index (χ2v) is 6.34. The van der Waals surface area contributed by atoms with Crippen LogP contribution in [0.25, 0.3) is 0 Å². The van der Waals surface area contributed by atoms with Gasteiger partial charge in [-0.2, -0.15) is 0 Å². The summed E-state index contributed by atoms with van der Waals surface area (Å²) >= 11 is 5.52. The summed E-state index contributed by atoms with van der Waals surface area (Å²) in [6, 6.07) is 7.37. The third-order valence-electron chi connectivity index (χ3n) is 2.91. The summed E-state index contributed by atoms with van der Waals surface area (Å²) < 4.78 is 29.0. The molecule has 2 N–H and O–H groups in total. The standard InChI is InChI=1S/C14H11BrF2IN/c1-7-4-9(12(17)6-11(7)16)14(19)10-5-8(15)2-3-13(10)18/h2-6,14H,19H2,1H3. The van der Waals surface area contributed by atoms with E-state index in [0.29, 0.717) is 11.1 Å². The van der Waals surface area contributed by atoms with Crippen LogP contribution in [-0.2, 0) is 0 Å². The van der Waals surface area contributed by atoms with Gasteiger partial charge >= 0.3 is 0 Å². The van der Waals surface area contributed by atoms with Gasteiger partial charge in [0, 0.05) is 19.7 Å². The fourth-order valence-electron chi connectivity index (χ4n) is 1.84. The number of aryl methyl sites for hydroxylation is 1. The quantitative estimate of drug-likeness (QED) is 0.678. The lowest BCUT2D eigenvalue weighted by atomic mass is 9.97. The highest BCUT2D eigenvalue weighted by Gasteiger charge is 2.18. The molecule has 0 bridgehead atoms. The van der Waals surface area contributed by atoms with E-state index in [1.54, 1.807) is 6.92 Å². The van der Waals surface area contributed by atoms with Crippen LogP contribution in [0, 0.1) is 22.1 Å². The molecule has 1 nitrogen and oxygen atoms in total. The minimum atomic E-state index is -0.622. The van der Waals surface area contributed by atoms with E-state index in [4.69, 9.17) is 5.73 Å². The number of hydrogen-bond donors (Lipinski definition) is 1. The number of nitrogens with two attached hydrogens (primary N) is 1. The molecule has 0 aliphatic carbocycles. The van der Waals surface area contributed by atoms with Crippen molar-refractivity contribution < 1.29 is 8.78 Å². The van der Waals surface area contributed by atoms with E-state index in [0.717, 1.165) is 19.7 Å². The fraction of sp³-hybridized carbons (Fsp3) is 0.143. The molecule has 0 spiro atoms. The monoisotopic (exact) mass is 437 g/mol. The average Bonchev–Trinajstić information content (AvgIpc) is 2.36. The minimum Gasteiger partial charge on any atom is -0.320 e. The van der Waals surface area contributed by atoms with Gasteiger partial charge in [0.15, 0.2) is 0 Å².